The molecule has 3 aromatic rings. The topological polar surface area (TPSA) is 59.0 Å². The van der Waals surface area contributed by atoms with Crippen LogP contribution in [0, 0.1) is 6.92 Å². The van der Waals surface area contributed by atoms with E-state index in [1.807, 2.05) is 56.3 Å². The Balaban J connectivity index is 1.78. The summed E-state index contributed by atoms with van der Waals surface area (Å²) in [6, 6.07) is 10.0. The number of hydrogen-bond donors (Lipinski definition) is 0. The number of thiazole rings is 1. The number of aromatic nitrogens is 3. The SMILES string of the molecule is Cc1nc(-c2cncc(N(C)C)n2)sc1C(=O)CCc1ccccc1. The Kier molecular flexibility index (Phi) is 5.19. The smallest absolute Gasteiger partial charge is 0.175 e. The molecular formula is C19H20N4OS. The van der Waals surface area contributed by atoms with E-state index < -0.39 is 0 Å². The zero-order valence-electron chi connectivity index (χ0n) is 14.6. The van der Waals surface area contributed by atoms with Crippen LogP contribution in [0.2, 0.25) is 0 Å². The summed E-state index contributed by atoms with van der Waals surface area (Å²) in [6.07, 6.45) is 4.61. The molecule has 0 saturated carbocycles. The molecule has 25 heavy (non-hydrogen) atoms. The molecule has 0 aliphatic rings. The van der Waals surface area contributed by atoms with Crippen LogP contribution in [0.1, 0.15) is 27.3 Å². The van der Waals surface area contributed by atoms with Crippen LogP contribution in [0.3, 0.4) is 0 Å². The van der Waals surface area contributed by atoms with Gasteiger partial charge in [-0.3, -0.25) is 9.78 Å². The minimum atomic E-state index is 0.127. The molecule has 0 aliphatic carbocycles. The lowest BCUT2D eigenvalue weighted by molar-refractivity contribution is 0.0986. The molecule has 0 radical (unpaired) electrons. The van der Waals surface area contributed by atoms with E-state index in [4.69, 9.17) is 0 Å². The van der Waals surface area contributed by atoms with Crippen molar-refractivity contribution in [2.45, 2.75) is 19.8 Å². The van der Waals surface area contributed by atoms with Crippen LogP contribution in [0.4, 0.5) is 5.82 Å². The first kappa shape index (κ1) is 17.2. The lowest BCUT2D eigenvalue weighted by atomic mass is 10.1. The minimum Gasteiger partial charge on any atom is -0.361 e. The zero-order valence-corrected chi connectivity index (χ0v) is 15.4. The van der Waals surface area contributed by atoms with Gasteiger partial charge in [0.15, 0.2) is 5.78 Å². The van der Waals surface area contributed by atoms with Gasteiger partial charge in [0.05, 0.1) is 23.0 Å². The van der Waals surface area contributed by atoms with Crippen molar-refractivity contribution in [1.29, 1.82) is 0 Å². The normalized spacial score (nSPS) is 10.7. The van der Waals surface area contributed by atoms with Crippen LogP contribution < -0.4 is 4.90 Å². The van der Waals surface area contributed by atoms with Crippen molar-refractivity contribution in [2.24, 2.45) is 0 Å². The second kappa shape index (κ2) is 7.53. The summed E-state index contributed by atoms with van der Waals surface area (Å²) in [6.45, 7) is 1.87. The monoisotopic (exact) mass is 352 g/mol. The second-order valence-corrected chi connectivity index (χ2v) is 7.00. The predicted octanol–water partition coefficient (Wildman–Crippen LogP) is 3.79. The van der Waals surface area contributed by atoms with E-state index in [-0.39, 0.29) is 5.78 Å². The van der Waals surface area contributed by atoms with Gasteiger partial charge in [-0.1, -0.05) is 30.3 Å². The van der Waals surface area contributed by atoms with E-state index in [1.54, 1.807) is 12.4 Å². The second-order valence-electron chi connectivity index (χ2n) is 6.00. The van der Waals surface area contributed by atoms with E-state index in [9.17, 15) is 4.79 Å². The third-order valence-electron chi connectivity index (χ3n) is 3.83. The Morgan fingerprint density at radius 1 is 1.12 bits per heavy atom. The number of ketones is 1. The molecule has 1 aromatic carbocycles. The van der Waals surface area contributed by atoms with Gasteiger partial charge >= 0.3 is 0 Å². The largest absolute Gasteiger partial charge is 0.361 e. The minimum absolute atomic E-state index is 0.127. The van der Waals surface area contributed by atoms with Gasteiger partial charge in [0, 0.05) is 20.5 Å². The molecule has 128 valence electrons. The average molecular weight is 352 g/mol. The van der Waals surface area contributed by atoms with Crippen LogP contribution in [0.15, 0.2) is 42.7 Å². The van der Waals surface area contributed by atoms with Crippen LogP contribution in [0.5, 0.6) is 0 Å². The van der Waals surface area contributed by atoms with Gasteiger partial charge in [-0.15, -0.1) is 11.3 Å². The number of aryl methyl sites for hydroxylation is 2. The summed E-state index contributed by atoms with van der Waals surface area (Å²) in [7, 11) is 3.83. The van der Waals surface area contributed by atoms with Crippen molar-refractivity contribution in [3.63, 3.8) is 0 Å². The molecule has 2 aromatic heterocycles. The molecule has 0 unspecified atom stereocenters. The molecule has 0 bridgehead atoms. The number of rotatable bonds is 6. The van der Waals surface area contributed by atoms with Gasteiger partial charge < -0.3 is 4.90 Å². The highest BCUT2D eigenvalue weighted by Gasteiger charge is 2.17. The number of hydrogen-bond acceptors (Lipinski definition) is 6. The number of anilines is 1. The van der Waals surface area contributed by atoms with Crippen LogP contribution in [0.25, 0.3) is 10.7 Å². The highest BCUT2D eigenvalue weighted by atomic mass is 32.1. The molecule has 0 amide bonds. The van der Waals surface area contributed by atoms with Gasteiger partial charge in [-0.05, 0) is 18.9 Å². The zero-order chi connectivity index (χ0) is 17.8. The predicted molar refractivity (Wildman–Crippen MR) is 101 cm³/mol. The molecule has 6 heteroatoms. The van der Waals surface area contributed by atoms with E-state index in [1.165, 1.54) is 16.9 Å². The van der Waals surface area contributed by atoms with E-state index in [0.29, 0.717) is 17.0 Å². The van der Waals surface area contributed by atoms with Crippen LogP contribution in [-0.4, -0.2) is 34.8 Å². The summed E-state index contributed by atoms with van der Waals surface area (Å²) in [5.41, 5.74) is 2.62. The number of carbonyl (C=O) groups excluding carboxylic acids is 1. The van der Waals surface area contributed by atoms with Crippen LogP contribution in [-0.2, 0) is 6.42 Å². The first-order valence-corrected chi connectivity index (χ1v) is 8.90. The number of benzene rings is 1. The Bertz CT molecular complexity index is 874. The number of Topliss-reactive ketones (excluding diaryl/α,β-unsaturated/α-hetero) is 1. The molecule has 0 N–H and O–H groups in total. The van der Waals surface area contributed by atoms with Crippen LogP contribution >= 0.6 is 11.3 Å². The van der Waals surface area contributed by atoms with Gasteiger partial charge in [0.1, 0.15) is 16.5 Å². The molecule has 3 rings (SSSR count). The van der Waals surface area contributed by atoms with Gasteiger partial charge in [-0.2, -0.15) is 0 Å². The van der Waals surface area contributed by atoms with Crippen molar-refractivity contribution >= 4 is 22.9 Å². The molecule has 0 spiro atoms. The fourth-order valence-corrected chi connectivity index (χ4v) is 3.44. The van der Waals surface area contributed by atoms with Crippen molar-refractivity contribution in [1.82, 2.24) is 15.0 Å². The maximum absolute atomic E-state index is 12.6. The molecule has 0 fully saturated rings. The molecule has 2 heterocycles. The maximum atomic E-state index is 12.6. The quantitative estimate of drug-likeness (QED) is 0.632. The summed E-state index contributed by atoms with van der Waals surface area (Å²) >= 11 is 1.39. The summed E-state index contributed by atoms with van der Waals surface area (Å²) in [4.78, 5) is 28.5. The first-order valence-electron chi connectivity index (χ1n) is 8.09. The van der Waals surface area contributed by atoms with Crippen molar-refractivity contribution < 1.29 is 4.79 Å². The third kappa shape index (κ3) is 4.09. The average Bonchev–Trinajstić information content (AvgIpc) is 3.02. The Labute approximate surface area is 151 Å². The first-order chi connectivity index (χ1) is 12.0. The Hall–Kier alpha value is -2.60. The highest BCUT2D eigenvalue weighted by molar-refractivity contribution is 7.17. The van der Waals surface area contributed by atoms with Gasteiger partial charge in [0.2, 0.25) is 0 Å². The van der Waals surface area contributed by atoms with Crippen molar-refractivity contribution in [3.05, 3.63) is 58.9 Å². The lowest BCUT2D eigenvalue weighted by Gasteiger charge is -2.10. The Morgan fingerprint density at radius 2 is 1.88 bits per heavy atom. The summed E-state index contributed by atoms with van der Waals surface area (Å²) in [5, 5.41) is 0.733. The molecule has 0 atom stereocenters. The van der Waals surface area contributed by atoms with E-state index >= 15 is 0 Å². The third-order valence-corrected chi connectivity index (χ3v) is 5.05. The Morgan fingerprint density at radius 3 is 2.60 bits per heavy atom. The lowest BCUT2D eigenvalue weighted by Crippen LogP contribution is -2.11. The maximum Gasteiger partial charge on any atom is 0.175 e. The highest BCUT2D eigenvalue weighted by Crippen LogP contribution is 2.28. The summed E-state index contributed by atoms with van der Waals surface area (Å²) < 4.78 is 0. The fraction of sp³-hybridized carbons (Fsp3) is 0.263. The molecular weight excluding hydrogens is 332 g/mol. The van der Waals surface area contributed by atoms with Gasteiger partial charge in [0.25, 0.3) is 0 Å². The van der Waals surface area contributed by atoms with Gasteiger partial charge in [-0.25, -0.2) is 9.97 Å². The molecule has 0 aliphatic heterocycles. The summed E-state index contributed by atoms with van der Waals surface area (Å²) in [5.74, 6) is 0.893. The van der Waals surface area contributed by atoms with Crippen molar-refractivity contribution in [2.75, 3.05) is 19.0 Å². The molecule has 5 nitrogen and oxygen atoms in total. The number of carbonyl (C=O) groups is 1. The number of nitrogens with zero attached hydrogens (tertiary/aromatic N) is 4. The van der Waals surface area contributed by atoms with E-state index in [0.717, 1.165) is 22.9 Å². The fourth-order valence-electron chi connectivity index (χ4n) is 2.45. The standard InChI is InChI=1S/C19H20N4OS/c1-13-18(16(24)10-9-14-7-5-4-6-8-14)25-19(21-13)15-11-20-12-17(22-15)23(2)3/h4-8,11-12H,9-10H2,1-3H3. The van der Waals surface area contributed by atoms with E-state index in [2.05, 4.69) is 15.0 Å². The molecule has 0 saturated heterocycles. The van der Waals surface area contributed by atoms with Crippen molar-refractivity contribution in [3.8, 4) is 10.7 Å².